The van der Waals surface area contributed by atoms with Crippen LogP contribution in [-0.2, 0) is 70.0 Å². The molecular formula is C4H12S4Zn-2. The monoisotopic (exact) mass is 252 g/mol. The SMILES string of the molecule is C[S-].C[S-].C[S-].C[S-].[Zn+2]. The van der Waals surface area contributed by atoms with Crippen LogP contribution in [0.5, 0.6) is 0 Å². The Labute approximate surface area is 94.4 Å². The van der Waals surface area contributed by atoms with E-state index in [9.17, 15) is 0 Å². The molecular weight excluding hydrogens is 242 g/mol. The summed E-state index contributed by atoms with van der Waals surface area (Å²) < 4.78 is 0. The predicted molar refractivity (Wildman–Crippen MR) is 53.2 cm³/mol. The summed E-state index contributed by atoms with van der Waals surface area (Å²) in [5, 5.41) is 0. The molecule has 0 heterocycles. The predicted octanol–water partition coefficient (Wildman–Crippen LogP) is 0.650. The Morgan fingerprint density at radius 2 is 0.444 bits per heavy atom. The second-order valence-corrected chi connectivity index (χ2v) is 0. The summed E-state index contributed by atoms with van der Waals surface area (Å²) in [6, 6.07) is 0. The maximum Gasteiger partial charge on any atom is 2.00 e. The zero-order valence-corrected chi connectivity index (χ0v) is 12.6. The van der Waals surface area contributed by atoms with E-state index in [1.807, 2.05) is 0 Å². The van der Waals surface area contributed by atoms with Crippen molar-refractivity contribution in [2.24, 2.45) is 0 Å². The van der Waals surface area contributed by atoms with Crippen LogP contribution in [0.15, 0.2) is 0 Å². The van der Waals surface area contributed by atoms with Gasteiger partial charge in [0.15, 0.2) is 0 Å². The van der Waals surface area contributed by atoms with Crippen molar-refractivity contribution in [2.75, 3.05) is 25.0 Å². The van der Waals surface area contributed by atoms with Crippen LogP contribution in [0.25, 0.3) is 0 Å². The second-order valence-electron chi connectivity index (χ2n) is 0. The summed E-state index contributed by atoms with van der Waals surface area (Å²) in [4.78, 5) is 0. The van der Waals surface area contributed by atoms with E-state index < -0.39 is 0 Å². The van der Waals surface area contributed by atoms with E-state index in [1.165, 1.54) is 0 Å². The molecule has 0 aromatic carbocycles. The molecule has 56 valence electrons. The van der Waals surface area contributed by atoms with Crippen molar-refractivity contribution in [3.8, 4) is 0 Å². The van der Waals surface area contributed by atoms with Crippen LogP contribution in [-0.4, -0.2) is 25.0 Å². The van der Waals surface area contributed by atoms with Crippen molar-refractivity contribution in [3.05, 3.63) is 0 Å². The van der Waals surface area contributed by atoms with E-state index in [0.717, 1.165) is 0 Å². The first-order chi connectivity index (χ1) is 4.00. The molecule has 0 N–H and O–H groups in total. The standard InChI is InChI=1S/4CH4S.Zn/c4*1-2;/h4*2H,1H3;/q;;;;+2/p-4. The third kappa shape index (κ3) is 158. The van der Waals surface area contributed by atoms with Gasteiger partial charge in [-0.15, -0.1) is 0 Å². The Bertz CT molecular complexity index is 12.5. The Balaban J connectivity index is -0.00000000762. The fourth-order valence-electron chi connectivity index (χ4n) is 0. The summed E-state index contributed by atoms with van der Waals surface area (Å²) in [6.45, 7) is 0. The number of hydrogen-bond acceptors (Lipinski definition) is 4. The molecule has 0 saturated heterocycles. The van der Waals surface area contributed by atoms with Crippen molar-refractivity contribution < 1.29 is 19.5 Å². The molecule has 0 nitrogen and oxygen atoms in total. The molecule has 0 aliphatic heterocycles. The minimum absolute atomic E-state index is 0. The molecule has 0 spiro atoms. The van der Waals surface area contributed by atoms with Gasteiger partial charge in [-0.1, -0.05) is 0 Å². The quantitative estimate of drug-likeness (QED) is 0.459. The molecule has 0 rings (SSSR count). The molecule has 5 heteroatoms. The molecule has 0 fully saturated rings. The van der Waals surface area contributed by atoms with Gasteiger partial charge < -0.3 is 50.5 Å². The van der Waals surface area contributed by atoms with Gasteiger partial charge in [-0.2, -0.15) is 25.0 Å². The fraction of sp³-hybridized carbons (Fsp3) is 1.00. The van der Waals surface area contributed by atoms with E-state index in [0.29, 0.717) is 0 Å². The molecule has 0 amide bonds. The van der Waals surface area contributed by atoms with Crippen LogP contribution >= 0.6 is 0 Å². The van der Waals surface area contributed by atoms with Crippen LogP contribution in [0.2, 0.25) is 0 Å². The topological polar surface area (TPSA) is 0 Å². The van der Waals surface area contributed by atoms with Gasteiger partial charge in [0.2, 0.25) is 0 Å². The van der Waals surface area contributed by atoms with Crippen LogP contribution < -0.4 is 0 Å². The van der Waals surface area contributed by atoms with Crippen LogP contribution in [0, 0.1) is 0 Å². The van der Waals surface area contributed by atoms with Crippen molar-refractivity contribution >= 4 is 50.5 Å². The summed E-state index contributed by atoms with van der Waals surface area (Å²) in [5.74, 6) is 0. The molecule has 0 aliphatic carbocycles. The van der Waals surface area contributed by atoms with Crippen molar-refractivity contribution in [1.29, 1.82) is 0 Å². The van der Waals surface area contributed by atoms with Crippen molar-refractivity contribution in [2.45, 2.75) is 0 Å². The number of hydrogen-bond donors (Lipinski definition) is 0. The molecule has 0 aromatic rings. The molecule has 0 aromatic heterocycles. The van der Waals surface area contributed by atoms with Gasteiger partial charge >= 0.3 is 19.5 Å². The van der Waals surface area contributed by atoms with Crippen LogP contribution in [0.4, 0.5) is 0 Å². The van der Waals surface area contributed by atoms with Crippen LogP contribution in [0.1, 0.15) is 0 Å². The fourth-order valence-corrected chi connectivity index (χ4v) is 0. The number of rotatable bonds is 0. The van der Waals surface area contributed by atoms with Gasteiger partial charge in [0.05, 0.1) is 0 Å². The van der Waals surface area contributed by atoms with Crippen molar-refractivity contribution in [3.63, 3.8) is 0 Å². The third-order valence-electron chi connectivity index (χ3n) is 0. The van der Waals surface area contributed by atoms with Crippen molar-refractivity contribution in [1.82, 2.24) is 0 Å². The van der Waals surface area contributed by atoms with Gasteiger partial charge in [0.25, 0.3) is 0 Å². The summed E-state index contributed by atoms with van der Waals surface area (Å²) in [7, 11) is 0. The van der Waals surface area contributed by atoms with Gasteiger partial charge in [-0.3, -0.25) is 0 Å². The van der Waals surface area contributed by atoms with E-state index >= 15 is 0 Å². The summed E-state index contributed by atoms with van der Waals surface area (Å²) in [6.07, 6.45) is 6.33. The molecule has 9 heavy (non-hydrogen) atoms. The average Bonchev–Trinajstić information content (AvgIpc) is 2.03. The molecule has 0 bridgehead atoms. The first kappa shape index (κ1) is 30.5. The van der Waals surface area contributed by atoms with Gasteiger partial charge in [0, 0.05) is 0 Å². The largest absolute Gasteiger partial charge is 2.00 e. The van der Waals surface area contributed by atoms with E-state index in [-0.39, 0.29) is 19.5 Å². The Hall–Kier alpha value is 2.02. The Morgan fingerprint density at radius 1 is 0.444 bits per heavy atom. The third-order valence-corrected chi connectivity index (χ3v) is 0. The maximum atomic E-state index is 4.08. The Kier molecular flexibility index (Phi) is 676. The minimum Gasteiger partial charge on any atom is -0.796 e. The Morgan fingerprint density at radius 3 is 0.444 bits per heavy atom. The zero-order valence-electron chi connectivity index (χ0n) is 6.34. The second kappa shape index (κ2) is 199. The molecule has 0 unspecified atom stereocenters. The van der Waals surface area contributed by atoms with Gasteiger partial charge in [0.1, 0.15) is 0 Å². The van der Waals surface area contributed by atoms with Crippen LogP contribution in [0.3, 0.4) is 0 Å². The molecule has 0 saturated carbocycles. The minimum atomic E-state index is 0. The summed E-state index contributed by atoms with van der Waals surface area (Å²) >= 11 is 16.3. The van der Waals surface area contributed by atoms with E-state index in [2.05, 4.69) is 50.5 Å². The smallest absolute Gasteiger partial charge is 0.796 e. The molecule has 0 atom stereocenters. The normalized spacial score (nSPS) is 2.67. The van der Waals surface area contributed by atoms with Gasteiger partial charge in [-0.25, -0.2) is 0 Å². The average molecular weight is 254 g/mol. The van der Waals surface area contributed by atoms with E-state index in [4.69, 9.17) is 0 Å². The molecule has 0 aliphatic rings. The molecule has 0 radical (unpaired) electrons. The first-order valence-electron chi connectivity index (χ1n) is 1.63. The van der Waals surface area contributed by atoms with E-state index in [1.54, 1.807) is 25.0 Å². The maximum absolute atomic E-state index is 4.08. The zero-order chi connectivity index (χ0) is 8.00. The van der Waals surface area contributed by atoms with Gasteiger partial charge in [-0.05, 0) is 0 Å². The first-order valence-corrected chi connectivity index (χ1v) is 4.90. The summed E-state index contributed by atoms with van der Waals surface area (Å²) in [5.41, 5.74) is 0.